The highest BCUT2D eigenvalue weighted by atomic mass is 19.1. The molecule has 0 spiro atoms. The minimum Gasteiger partial charge on any atom is -0.497 e. The minimum absolute atomic E-state index is 0.458. The second kappa shape index (κ2) is 4.01. The SMILES string of the molecule is COc1cc(F)nc(CCN)c1. The Labute approximate surface area is 70.4 Å². The van der Waals surface area contributed by atoms with Crippen molar-refractivity contribution in [2.45, 2.75) is 6.42 Å². The largest absolute Gasteiger partial charge is 0.497 e. The van der Waals surface area contributed by atoms with Crippen molar-refractivity contribution in [1.29, 1.82) is 0 Å². The first kappa shape index (κ1) is 8.93. The molecule has 1 heterocycles. The zero-order chi connectivity index (χ0) is 8.97. The molecule has 1 aromatic rings. The summed E-state index contributed by atoms with van der Waals surface area (Å²) in [6.45, 7) is 0.458. The summed E-state index contributed by atoms with van der Waals surface area (Å²) in [5, 5.41) is 0. The van der Waals surface area contributed by atoms with Crippen molar-refractivity contribution in [1.82, 2.24) is 4.98 Å². The van der Waals surface area contributed by atoms with E-state index < -0.39 is 5.95 Å². The molecule has 0 aliphatic carbocycles. The molecule has 1 rings (SSSR count). The molecule has 0 unspecified atom stereocenters. The smallest absolute Gasteiger partial charge is 0.216 e. The molecule has 0 aromatic carbocycles. The first-order valence-corrected chi connectivity index (χ1v) is 3.67. The number of nitrogens with zero attached hydrogens (tertiary/aromatic N) is 1. The van der Waals surface area contributed by atoms with Crippen LogP contribution >= 0.6 is 0 Å². The van der Waals surface area contributed by atoms with Crippen molar-refractivity contribution in [2.24, 2.45) is 5.73 Å². The Morgan fingerprint density at radius 3 is 2.92 bits per heavy atom. The maximum Gasteiger partial charge on any atom is 0.216 e. The topological polar surface area (TPSA) is 48.1 Å². The van der Waals surface area contributed by atoms with Gasteiger partial charge in [0, 0.05) is 24.2 Å². The number of methoxy groups -OCH3 is 1. The summed E-state index contributed by atoms with van der Waals surface area (Å²) in [4.78, 5) is 3.64. The molecule has 0 saturated carbocycles. The Bertz CT molecular complexity index is 265. The van der Waals surface area contributed by atoms with Gasteiger partial charge in [0.25, 0.3) is 0 Å². The molecular weight excluding hydrogens is 159 g/mol. The molecule has 3 nitrogen and oxygen atoms in total. The first-order chi connectivity index (χ1) is 5.76. The molecule has 0 bridgehead atoms. The number of ether oxygens (including phenoxy) is 1. The predicted octanol–water partition coefficient (Wildman–Crippen LogP) is 0.731. The van der Waals surface area contributed by atoms with Gasteiger partial charge < -0.3 is 10.5 Å². The fraction of sp³-hybridized carbons (Fsp3) is 0.375. The summed E-state index contributed by atoms with van der Waals surface area (Å²) >= 11 is 0. The molecule has 12 heavy (non-hydrogen) atoms. The van der Waals surface area contributed by atoms with Gasteiger partial charge >= 0.3 is 0 Å². The van der Waals surface area contributed by atoms with Gasteiger partial charge in [-0.05, 0) is 6.54 Å². The summed E-state index contributed by atoms with van der Waals surface area (Å²) < 4.78 is 17.6. The summed E-state index contributed by atoms with van der Waals surface area (Å²) in [5.74, 6) is -0.0521. The first-order valence-electron chi connectivity index (χ1n) is 3.67. The predicted molar refractivity (Wildman–Crippen MR) is 43.5 cm³/mol. The summed E-state index contributed by atoms with van der Waals surface area (Å²) in [6.07, 6.45) is 0.564. The molecule has 66 valence electrons. The standard InChI is InChI=1S/C8H11FN2O/c1-12-7-4-6(2-3-10)11-8(9)5-7/h4-5H,2-3,10H2,1H3. The molecule has 0 atom stereocenters. The van der Waals surface area contributed by atoms with E-state index in [1.54, 1.807) is 6.07 Å². The van der Waals surface area contributed by atoms with Gasteiger partial charge in [-0.25, -0.2) is 4.98 Å². The zero-order valence-electron chi connectivity index (χ0n) is 6.88. The lowest BCUT2D eigenvalue weighted by molar-refractivity contribution is 0.408. The fourth-order valence-corrected chi connectivity index (χ4v) is 0.919. The van der Waals surface area contributed by atoms with Gasteiger partial charge in [0.1, 0.15) is 5.75 Å². The molecule has 2 N–H and O–H groups in total. The quantitative estimate of drug-likeness (QED) is 0.680. The Hall–Kier alpha value is -1.16. The third-order valence-electron chi connectivity index (χ3n) is 1.46. The van der Waals surface area contributed by atoms with Gasteiger partial charge in [-0.3, -0.25) is 0 Å². The van der Waals surface area contributed by atoms with E-state index in [4.69, 9.17) is 10.5 Å². The second-order valence-corrected chi connectivity index (χ2v) is 2.36. The van der Waals surface area contributed by atoms with Gasteiger partial charge in [0.15, 0.2) is 0 Å². The highest BCUT2D eigenvalue weighted by Gasteiger charge is 2.00. The van der Waals surface area contributed by atoms with Crippen LogP contribution in [0.25, 0.3) is 0 Å². The number of pyridine rings is 1. The van der Waals surface area contributed by atoms with Gasteiger partial charge in [-0.2, -0.15) is 4.39 Å². The van der Waals surface area contributed by atoms with Crippen LogP contribution in [0.1, 0.15) is 5.69 Å². The lowest BCUT2D eigenvalue weighted by atomic mass is 10.2. The normalized spacial score (nSPS) is 9.92. The highest BCUT2D eigenvalue weighted by molar-refractivity contribution is 5.23. The lowest BCUT2D eigenvalue weighted by Gasteiger charge is -2.02. The second-order valence-electron chi connectivity index (χ2n) is 2.36. The van der Waals surface area contributed by atoms with E-state index in [2.05, 4.69) is 4.98 Å². The van der Waals surface area contributed by atoms with Crippen LogP contribution in [0.4, 0.5) is 4.39 Å². The van der Waals surface area contributed by atoms with Crippen LogP contribution in [-0.2, 0) is 6.42 Å². The van der Waals surface area contributed by atoms with Crippen molar-refractivity contribution >= 4 is 0 Å². The number of rotatable bonds is 3. The monoisotopic (exact) mass is 170 g/mol. The third-order valence-corrected chi connectivity index (χ3v) is 1.46. The molecule has 4 heteroatoms. The summed E-state index contributed by atoms with van der Waals surface area (Å²) in [7, 11) is 1.49. The van der Waals surface area contributed by atoms with Gasteiger partial charge in [-0.15, -0.1) is 0 Å². The van der Waals surface area contributed by atoms with Gasteiger partial charge in [0.2, 0.25) is 5.95 Å². The van der Waals surface area contributed by atoms with Crippen LogP contribution in [0.2, 0.25) is 0 Å². The Kier molecular flexibility index (Phi) is 2.99. The van der Waals surface area contributed by atoms with Crippen LogP contribution in [0.5, 0.6) is 5.75 Å². The molecule has 0 saturated heterocycles. The molecule has 0 aliphatic heterocycles. The van der Waals surface area contributed by atoms with Crippen LogP contribution < -0.4 is 10.5 Å². The van der Waals surface area contributed by atoms with Crippen molar-refractivity contribution < 1.29 is 9.13 Å². The van der Waals surface area contributed by atoms with Crippen molar-refractivity contribution in [3.8, 4) is 5.75 Å². The third kappa shape index (κ3) is 2.17. The van der Waals surface area contributed by atoms with E-state index in [0.29, 0.717) is 24.4 Å². The average molecular weight is 170 g/mol. The highest BCUT2D eigenvalue weighted by Crippen LogP contribution is 2.12. The molecular formula is C8H11FN2O. The number of aromatic nitrogens is 1. The number of hydrogen-bond donors (Lipinski definition) is 1. The average Bonchev–Trinajstić information content (AvgIpc) is 2.04. The fourth-order valence-electron chi connectivity index (χ4n) is 0.919. The van der Waals surface area contributed by atoms with E-state index in [1.807, 2.05) is 0 Å². The summed E-state index contributed by atoms with van der Waals surface area (Å²) in [6, 6.07) is 2.91. The van der Waals surface area contributed by atoms with Crippen molar-refractivity contribution in [3.63, 3.8) is 0 Å². The van der Waals surface area contributed by atoms with E-state index in [-0.39, 0.29) is 0 Å². The molecule has 0 aliphatic rings. The van der Waals surface area contributed by atoms with E-state index in [9.17, 15) is 4.39 Å². The molecule has 0 fully saturated rings. The molecule has 1 aromatic heterocycles. The van der Waals surface area contributed by atoms with E-state index in [0.717, 1.165) is 0 Å². The number of nitrogens with two attached hydrogens (primary N) is 1. The van der Waals surface area contributed by atoms with Crippen LogP contribution in [0, 0.1) is 5.95 Å². The zero-order valence-corrected chi connectivity index (χ0v) is 6.88. The number of halogens is 1. The van der Waals surface area contributed by atoms with Crippen LogP contribution in [0.3, 0.4) is 0 Å². The van der Waals surface area contributed by atoms with E-state index >= 15 is 0 Å². The van der Waals surface area contributed by atoms with E-state index in [1.165, 1.54) is 13.2 Å². The van der Waals surface area contributed by atoms with Gasteiger partial charge in [0.05, 0.1) is 7.11 Å². The summed E-state index contributed by atoms with van der Waals surface area (Å²) in [5.41, 5.74) is 5.92. The maximum absolute atomic E-state index is 12.7. The maximum atomic E-state index is 12.7. The minimum atomic E-state index is -0.530. The van der Waals surface area contributed by atoms with Gasteiger partial charge in [-0.1, -0.05) is 0 Å². The van der Waals surface area contributed by atoms with Crippen LogP contribution in [0.15, 0.2) is 12.1 Å². The Morgan fingerprint density at radius 1 is 1.58 bits per heavy atom. The van der Waals surface area contributed by atoms with Crippen molar-refractivity contribution in [2.75, 3.05) is 13.7 Å². The van der Waals surface area contributed by atoms with Crippen LogP contribution in [-0.4, -0.2) is 18.6 Å². The Morgan fingerprint density at radius 2 is 2.33 bits per heavy atom. The Balaban J connectivity index is 2.90. The lowest BCUT2D eigenvalue weighted by Crippen LogP contribution is -2.05. The molecule has 0 amide bonds. The molecule has 0 radical (unpaired) electrons. The number of hydrogen-bond acceptors (Lipinski definition) is 3. The van der Waals surface area contributed by atoms with Crippen molar-refractivity contribution in [3.05, 3.63) is 23.8 Å².